The first-order chi connectivity index (χ1) is 21.0. The van der Waals surface area contributed by atoms with E-state index in [1.54, 1.807) is 24.3 Å². The quantitative estimate of drug-likeness (QED) is 0.184. The molecule has 7 heteroatoms. The van der Waals surface area contributed by atoms with E-state index in [0.29, 0.717) is 48.3 Å². The predicted molar refractivity (Wildman–Crippen MR) is 167 cm³/mol. The smallest absolute Gasteiger partial charge is 0.328 e. The van der Waals surface area contributed by atoms with Gasteiger partial charge in [0.05, 0.1) is 13.7 Å². The van der Waals surface area contributed by atoms with Crippen molar-refractivity contribution in [1.82, 2.24) is 4.90 Å². The molecule has 1 amide bonds. The van der Waals surface area contributed by atoms with E-state index in [1.807, 2.05) is 54.6 Å². The number of esters is 1. The first kappa shape index (κ1) is 30.3. The number of para-hydroxylation sites is 1. The summed E-state index contributed by atoms with van der Waals surface area (Å²) in [6.45, 7) is 1.06. The van der Waals surface area contributed by atoms with Crippen LogP contribution in [0.5, 0.6) is 5.75 Å². The van der Waals surface area contributed by atoms with Crippen LogP contribution in [0, 0.1) is 5.92 Å². The molecule has 3 aromatic rings. The summed E-state index contributed by atoms with van der Waals surface area (Å²) >= 11 is 0. The molecule has 1 unspecified atom stereocenters. The van der Waals surface area contributed by atoms with Crippen LogP contribution in [-0.2, 0) is 20.7 Å². The number of carbonyl (C=O) groups excluding carboxylic acids is 3. The van der Waals surface area contributed by atoms with Crippen LogP contribution in [0.1, 0.15) is 72.9 Å². The van der Waals surface area contributed by atoms with E-state index in [-0.39, 0.29) is 11.7 Å². The van der Waals surface area contributed by atoms with Gasteiger partial charge >= 0.3 is 5.97 Å². The van der Waals surface area contributed by atoms with Crippen molar-refractivity contribution in [1.29, 1.82) is 0 Å². The molecule has 0 bridgehead atoms. The number of ether oxygens (including phenoxy) is 2. The second-order valence-corrected chi connectivity index (χ2v) is 11.6. The molecule has 0 aromatic heterocycles. The van der Waals surface area contributed by atoms with E-state index < -0.39 is 12.0 Å². The van der Waals surface area contributed by atoms with Gasteiger partial charge in [-0.25, -0.2) is 4.79 Å². The summed E-state index contributed by atoms with van der Waals surface area (Å²) in [5, 5.41) is 3.26. The number of benzene rings is 3. The topological polar surface area (TPSA) is 84.9 Å². The van der Waals surface area contributed by atoms with Gasteiger partial charge in [0.15, 0.2) is 5.78 Å². The second kappa shape index (κ2) is 14.9. The van der Waals surface area contributed by atoms with Crippen LogP contribution in [0.3, 0.4) is 0 Å². The summed E-state index contributed by atoms with van der Waals surface area (Å²) in [7, 11) is 1.36. The third-order valence-electron chi connectivity index (χ3n) is 8.74. The number of anilines is 1. The predicted octanol–water partition coefficient (Wildman–Crippen LogP) is 6.45. The highest BCUT2D eigenvalue weighted by Crippen LogP contribution is 2.31. The summed E-state index contributed by atoms with van der Waals surface area (Å²) < 4.78 is 11.2. The van der Waals surface area contributed by atoms with Crippen LogP contribution in [0.25, 0.3) is 0 Å². The van der Waals surface area contributed by atoms with Crippen molar-refractivity contribution in [2.24, 2.45) is 5.92 Å². The molecule has 3 aromatic carbocycles. The zero-order valence-electron chi connectivity index (χ0n) is 25.0. The van der Waals surface area contributed by atoms with Gasteiger partial charge < -0.3 is 19.7 Å². The molecule has 226 valence electrons. The molecule has 0 heterocycles. The molecule has 2 aliphatic rings. The monoisotopic (exact) mass is 582 g/mol. The molecule has 0 saturated heterocycles. The highest BCUT2D eigenvalue weighted by molar-refractivity contribution is 6.12. The van der Waals surface area contributed by atoms with Crippen LogP contribution in [0.2, 0.25) is 0 Å². The number of ketones is 1. The number of methoxy groups -OCH3 is 1. The van der Waals surface area contributed by atoms with Crippen molar-refractivity contribution in [3.63, 3.8) is 0 Å². The lowest BCUT2D eigenvalue weighted by Gasteiger charge is -2.38. The van der Waals surface area contributed by atoms with Crippen LogP contribution in [0.4, 0.5) is 5.69 Å². The minimum Gasteiger partial charge on any atom is -0.492 e. The van der Waals surface area contributed by atoms with E-state index in [2.05, 4.69) is 10.2 Å². The van der Waals surface area contributed by atoms with Gasteiger partial charge in [0, 0.05) is 35.2 Å². The Hall–Kier alpha value is -4.13. The number of nitrogens with zero attached hydrogens (tertiary/aromatic N) is 1. The Morgan fingerprint density at radius 3 is 2.21 bits per heavy atom. The fourth-order valence-corrected chi connectivity index (χ4v) is 6.05. The third kappa shape index (κ3) is 7.83. The largest absolute Gasteiger partial charge is 0.492 e. The second-order valence-electron chi connectivity index (χ2n) is 11.6. The summed E-state index contributed by atoms with van der Waals surface area (Å²) in [5.74, 6) is 0.697. The lowest BCUT2D eigenvalue weighted by molar-refractivity contribution is -0.142. The van der Waals surface area contributed by atoms with E-state index in [0.717, 1.165) is 43.4 Å². The minimum atomic E-state index is -0.692. The van der Waals surface area contributed by atoms with Crippen LogP contribution in [0.15, 0.2) is 78.9 Å². The molecule has 1 N–H and O–H groups in total. The molecule has 43 heavy (non-hydrogen) atoms. The van der Waals surface area contributed by atoms with Gasteiger partial charge in [-0.05, 0) is 55.5 Å². The maximum atomic E-state index is 13.2. The van der Waals surface area contributed by atoms with E-state index in [9.17, 15) is 14.4 Å². The SMILES string of the molecule is COC(=O)C(Cc1ccc(OCCN(C(=O)C2CCC2)C2CCCCC2)cc1)Nc1ccccc1C(=O)c1ccccc1. The first-order valence-electron chi connectivity index (χ1n) is 15.6. The van der Waals surface area contributed by atoms with Crippen molar-refractivity contribution in [3.05, 3.63) is 95.6 Å². The lowest BCUT2D eigenvalue weighted by Crippen LogP contribution is -2.47. The van der Waals surface area contributed by atoms with E-state index >= 15 is 0 Å². The lowest BCUT2D eigenvalue weighted by atomic mass is 9.83. The Balaban J connectivity index is 1.20. The molecular formula is C36H42N2O5. The molecule has 0 spiro atoms. The van der Waals surface area contributed by atoms with Gasteiger partial charge in [-0.15, -0.1) is 0 Å². The molecule has 2 saturated carbocycles. The first-order valence-corrected chi connectivity index (χ1v) is 15.6. The zero-order chi connectivity index (χ0) is 30.0. The standard InChI is InChI=1S/C36H42N2O5/c1-42-36(41)33(37-32-18-9-8-17-31(32)34(39)27-11-4-2-5-12-27)25-26-19-21-30(22-20-26)43-24-23-38(29-15-6-3-7-16-29)35(40)28-13-10-14-28/h2,4-5,8-9,11-12,17-22,28-29,33,37H,3,6-7,10,13-16,23-25H2,1H3. The van der Waals surface area contributed by atoms with Gasteiger partial charge in [-0.3, -0.25) is 9.59 Å². The summed E-state index contributed by atoms with van der Waals surface area (Å²) in [4.78, 5) is 41.2. The maximum absolute atomic E-state index is 13.2. The Kier molecular flexibility index (Phi) is 10.5. The maximum Gasteiger partial charge on any atom is 0.328 e. The zero-order valence-corrected chi connectivity index (χ0v) is 25.0. The van der Waals surface area contributed by atoms with Gasteiger partial charge in [-0.1, -0.05) is 80.3 Å². The number of hydrogen-bond donors (Lipinski definition) is 1. The Bertz CT molecular complexity index is 1360. The summed E-state index contributed by atoms with van der Waals surface area (Å²) in [6.07, 6.45) is 9.38. The van der Waals surface area contributed by atoms with Gasteiger partial charge in [-0.2, -0.15) is 0 Å². The van der Waals surface area contributed by atoms with E-state index in [4.69, 9.17) is 9.47 Å². The minimum absolute atomic E-state index is 0.120. The van der Waals surface area contributed by atoms with Gasteiger partial charge in [0.25, 0.3) is 0 Å². The fourth-order valence-electron chi connectivity index (χ4n) is 6.05. The molecule has 1 atom stereocenters. The molecule has 2 fully saturated rings. The average molecular weight is 583 g/mol. The van der Waals surface area contributed by atoms with E-state index in [1.165, 1.54) is 26.4 Å². The normalized spacial score (nSPS) is 16.0. The van der Waals surface area contributed by atoms with Gasteiger partial charge in [0.1, 0.15) is 18.4 Å². The van der Waals surface area contributed by atoms with Crippen molar-refractivity contribution >= 4 is 23.3 Å². The molecule has 7 nitrogen and oxygen atoms in total. The Morgan fingerprint density at radius 2 is 1.53 bits per heavy atom. The van der Waals surface area contributed by atoms with Crippen molar-refractivity contribution in [2.45, 2.75) is 69.9 Å². The van der Waals surface area contributed by atoms with Crippen molar-refractivity contribution in [3.8, 4) is 5.75 Å². The summed E-state index contributed by atoms with van der Waals surface area (Å²) in [5.41, 5.74) is 2.57. The summed E-state index contributed by atoms with van der Waals surface area (Å²) in [6, 6.07) is 23.6. The molecule has 5 rings (SSSR count). The number of hydrogen-bond acceptors (Lipinski definition) is 6. The molecular weight excluding hydrogens is 540 g/mol. The van der Waals surface area contributed by atoms with Crippen molar-refractivity contribution in [2.75, 3.05) is 25.6 Å². The number of amides is 1. The average Bonchev–Trinajstić information content (AvgIpc) is 3.03. The molecule has 0 aliphatic heterocycles. The van der Waals surface area contributed by atoms with Crippen LogP contribution < -0.4 is 10.1 Å². The van der Waals surface area contributed by atoms with Crippen molar-refractivity contribution < 1.29 is 23.9 Å². The number of carbonyl (C=O) groups is 3. The van der Waals surface area contributed by atoms with Crippen LogP contribution in [-0.4, -0.2) is 54.9 Å². The highest BCUT2D eigenvalue weighted by Gasteiger charge is 2.33. The Morgan fingerprint density at radius 1 is 0.837 bits per heavy atom. The molecule has 2 aliphatic carbocycles. The third-order valence-corrected chi connectivity index (χ3v) is 8.74. The molecule has 0 radical (unpaired) electrons. The highest BCUT2D eigenvalue weighted by atomic mass is 16.5. The fraction of sp³-hybridized carbons (Fsp3) is 0.417. The number of nitrogens with one attached hydrogen (secondary N) is 1. The Labute approximate surface area is 254 Å². The van der Waals surface area contributed by atoms with Gasteiger partial charge in [0.2, 0.25) is 5.91 Å². The van der Waals surface area contributed by atoms with Crippen LogP contribution >= 0.6 is 0 Å². The number of rotatable bonds is 13.